The van der Waals surface area contributed by atoms with Crippen LogP contribution < -0.4 is 10.6 Å². The van der Waals surface area contributed by atoms with Crippen molar-refractivity contribution in [3.8, 4) is 0 Å². The first kappa shape index (κ1) is 22.6. The fourth-order valence-corrected chi connectivity index (χ4v) is 3.42. The van der Waals surface area contributed by atoms with Crippen LogP contribution in [0.15, 0.2) is 42.5 Å². The minimum Gasteiger partial charge on any atom is -0.325 e. The van der Waals surface area contributed by atoms with Crippen molar-refractivity contribution in [2.75, 3.05) is 30.3 Å². The van der Waals surface area contributed by atoms with Gasteiger partial charge in [-0.3, -0.25) is 14.5 Å². The Balaban J connectivity index is 2.02. The van der Waals surface area contributed by atoms with E-state index < -0.39 is 0 Å². The number of hydrogen-bond acceptors (Lipinski definition) is 3. The number of aryl methyl sites for hydroxylation is 3. The maximum absolute atomic E-state index is 12.7. The van der Waals surface area contributed by atoms with Crippen molar-refractivity contribution < 1.29 is 9.59 Å². The lowest BCUT2D eigenvalue weighted by atomic mass is 10.0. The van der Waals surface area contributed by atoms with E-state index in [0.29, 0.717) is 6.54 Å². The van der Waals surface area contributed by atoms with Crippen molar-refractivity contribution in [1.29, 1.82) is 0 Å². The summed E-state index contributed by atoms with van der Waals surface area (Å²) in [5.74, 6) is -0.193. The van der Waals surface area contributed by atoms with Gasteiger partial charge in [-0.05, 0) is 55.5 Å². The van der Waals surface area contributed by atoms with Crippen LogP contribution in [0.25, 0.3) is 0 Å². The Morgan fingerprint density at radius 3 is 1.97 bits per heavy atom. The predicted octanol–water partition coefficient (Wildman–Crippen LogP) is 4.41. The number of carbonyl (C=O) groups is 2. The normalized spacial score (nSPS) is 10.8. The molecule has 0 aliphatic carbocycles. The molecule has 0 aromatic heterocycles. The molecule has 0 aliphatic heterocycles. The third kappa shape index (κ3) is 6.71. The zero-order chi connectivity index (χ0) is 21.2. The zero-order valence-electron chi connectivity index (χ0n) is 18.0. The fraction of sp³-hybridized carbons (Fsp3) is 0.417. The number of amides is 2. The number of carbonyl (C=O) groups excluding carboxylic acids is 2. The molecule has 2 amide bonds. The second-order valence-electron chi connectivity index (χ2n) is 7.28. The Hall–Kier alpha value is -2.66. The molecule has 0 unspecified atom stereocenters. The summed E-state index contributed by atoms with van der Waals surface area (Å²) in [5, 5.41) is 6.04. The van der Waals surface area contributed by atoms with Crippen molar-refractivity contribution in [3.63, 3.8) is 0 Å². The van der Waals surface area contributed by atoms with E-state index in [1.54, 1.807) is 0 Å². The van der Waals surface area contributed by atoms with E-state index in [0.717, 1.165) is 47.3 Å². The van der Waals surface area contributed by atoms with E-state index in [2.05, 4.69) is 24.5 Å². The molecule has 0 heterocycles. The Bertz CT molecular complexity index is 810. The highest BCUT2D eigenvalue weighted by Gasteiger charge is 2.16. The summed E-state index contributed by atoms with van der Waals surface area (Å²) in [5.41, 5.74) is 5.02. The molecule has 0 aliphatic rings. The quantitative estimate of drug-likeness (QED) is 0.626. The van der Waals surface area contributed by atoms with Crippen molar-refractivity contribution in [1.82, 2.24) is 4.90 Å². The Morgan fingerprint density at radius 2 is 1.41 bits per heavy atom. The Labute approximate surface area is 174 Å². The first-order valence-electron chi connectivity index (χ1n) is 10.5. The van der Waals surface area contributed by atoms with Gasteiger partial charge in [-0.1, -0.05) is 57.2 Å². The standard InChI is InChI=1S/C24H33N3O2/c1-5-15-27(16-22(28)25-21-14-9-8-11-18(21)4)17-23(29)26-24-19(6-2)12-10-13-20(24)7-3/h8-14H,5-7,15-17H2,1-4H3,(H,25,28)(H,26,29). The minimum atomic E-state index is -0.108. The van der Waals surface area contributed by atoms with Gasteiger partial charge in [0.15, 0.2) is 0 Å². The molecular formula is C24H33N3O2. The lowest BCUT2D eigenvalue weighted by Crippen LogP contribution is -2.39. The molecular weight excluding hydrogens is 362 g/mol. The number of anilines is 2. The number of nitrogens with one attached hydrogen (secondary N) is 2. The lowest BCUT2D eigenvalue weighted by Gasteiger charge is -2.22. The van der Waals surface area contributed by atoms with Crippen molar-refractivity contribution in [2.45, 2.75) is 47.0 Å². The van der Waals surface area contributed by atoms with Crippen LogP contribution in [0.2, 0.25) is 0 Å². The van der Waals surface area contributed by atoms with Crippen LogP contribution in [0, 0.1) is 6.92 Å². The average Bonchev–Trinajstić information content (AvgIpc) is 2.70. The lowest BCUT2D eigenvalue weighted by molar-refractivity contribution is -0.120. The summed E-state index contributed by atoms with van der Waals surface area (Å²) < 4.78 is 0. The molecule has 0 radical (unpaired) electrons. The SMILES string of the molecule is CCCN(CC(=O)Nc1ccccc1C)CC(=O)Nc1c(CC)cccc1CC. The van der Waals surface area contributed by atoms with Crippen molar-refractivity contribution in [2.24, 2.45) is 0 Å². The molecule has 2 N–H and O–H groups in total. The van der Waals surface area contributed by atoms with Crippen LogP contribution in [0.1, 0.15) is 43.9 Å². The number of hydrogen-bond donors (Lipinski definition) is 2. The van der Waals surface area contributed by atoms with E-state index in [-0.39, 0.29) is 24.9 Å². The van der Waals surface area contributed by atoms with Gasteiger partial charge in [0.2, 0.25) is 11.8 Å². The van der Waals surface area contributed by atoms with Crippen LogP contribution in [0.5, 0.6) is 0 Å². The summed E-state index contributed by atoms with van der Waals surface area (Å²) in [6.07, 6.45) is 2.60. The molecule has 0 saturated heterocycles. The van der Waals surface area contributed by atoms with Crippen LogP contribution >= 0.6 is 0 Å². The van der Waals surface area contributed by atoms with Gasteiger partial charge in [-0.15, -0.1) is 0 Å². The molecule has 0 saturated carbocycles. The van der Waals surface area contributed by atoms with Gasteiger partial charge in [0.1, 0.15) is 0 Å². The molecule has 156 valence electrons. The second-order valence-corrected chi connectivity index (χ2v) is 7.28. The molecule has 5 nitrogen and oxygen atoms in total. The van der Waals surface area contributed by atoms with E-state index in [1.165, 1.54) is 0 Å². The van der Waals surface area contributed by atoms with Gasteiger partial charge in [0.05, 0.1) is 13.1 Å². The van der Waals surface area contributed by atoms with E-state index in [1.807, 2.05) is 61.2 Å². The second kappa shape index (κ2) is 11.4. The number of nitrogens with zero attached hydrogens (tertiary/aromatic N) is 1. The predicted molar refractivity (Wildman–Crippen MR) is 120 cm³/mol. The third-order valence-electron chi connectivity index (χ3n) is 4.96. The average molecular weight is 396 g/mol. The maximum Gasteiger partial charge on any atom is 0.238 e. The first-order chi connectivity index (χ1) is 14.0. The van der Waals surface area contributed by atoms with E-state index in [9.17, 15) is 9.59 Å². The van der Waals surface area contributed by atoms with Gasteiger partial charge >= 0.3 is 0 Å². The molecule has 2 rings (SSSR count). The van der Waals surface area contributed by atoms with Crippen molar-refractivity contribution >= 4 is 23.2 Å². The molecule has 2 aromatic rings. The Morgan fingerprint density at radius 1 is 0.828 bits per heavy atom. The molecule has 0 bridgehead atoms. The van der Waals surface area contributed by atoms with Crippen LogP contribution in [0.3, 0.4) is 0 Å². The first-order valence-corrected chi connectivity index (χ1v) is 10.5. The molecule has 29 heavy (non-hydrogen) atoms. The minimum absolute atomic E-state index is 0.0854. The highest BCUT2D eigenvalue weighted by atomic mass is 16.2. The summed E-state index contributed by atoms with van der Waals surface area (Å²) in [6.45, 7) is 9.25. The van der Waals surface area contributed by atoms with Crippen LogP contribution in [-0.4, -0.2) is 36.3 Å². The number of para-hydroxylation sites is 2. The zero-order valence-corrected chi connectivity index (χ0v) is 18.0. The highest BCUT2D eigenvalue weighted by Crippen LogP contribution is 2.22. The maximum atomic E-state index is 12.7. The van der Waals surface area contributed by atoms with E-state index >= 15 is 0 Å². The monoisotopic (exact) mass is 395 g/mol. The Kier molecular flexibility index (Phi) is 8.87. The van der Waals surface area contributed by atoms with Crippen molar-refractivity contribution in [3.05, 3.63) is 59.2 Å². The third-order valence-corrected chi connectivity index (χ3v) is 4.96. The van der Waals surface area contributed by atoms with Gasteiger partial charge < -0.3 is 10.6 Å². The van der Waals surface area contributed by atoms with Crippen LogP contribution in [-0.2, 0) is 22.4 Å². The molecule has 2 aromatic carbocycles. The van der Waals surface area contributed by atoms with E-state index in [4.69, 9.17) is 0 Å². The molecule has 0 fully saturated rings. The summed E-state index contributed by atoms with van der Waals surface area (Å²) in [6, 6.07) is 13.8. The summed E-state index contributed by atoms with van der Waals surface area (Å²) in [4.78, 5) is 27.1. The summed E-state index contributed by atoms with van der Waals surface area (Å²) in [7, 11) is 0. The molecule has 5 heteroatoms. The van der Waals surface area contributed by atoms with Crippen LogP contribution in [0.4, 0.5) is 11.4 Å². The van der Waals surface area contributed by atoms with Gasteiger partial charge in [-0.25, -0.2) is 0 Å². The molecule has 0 atom stereocenters. The largest absolute Gasteiger partial charge is 0.325 e. The van der Waals surface area contributed by atoms with Gasteiger partial charge in [0.25, 0.3) is 0 Å². The van der Waals surface area contributed by atoms with Gasteiger partial charge in [-0.2, -0.15) is 0 Å². The number of rotatable bonds is 10. The topological polar surface area (TPSA) is 61.4 Å². The van der Waals surface area contributed by atoms with Gasteiger partial charge in [0, 0.05) is 11.4 Å². The molecule has 0 spiro atoms. The summed E-state index contributed by atoms with van der Waals surface area (Å²) >= 11 is 0. The smallest absolute Gasteiger partial charge is 0.238 e. The fourth-order valence-electron chi connectivity index (χ4n) is 3.42. The number of benzene rings is 2. The highest BCUT2D eigenvalue weighted by molar-refractivity contribution is 5.95.